The maximum atomic E-state index is 2.55. The highest BCUT2D eigenvalue weighted by molar-refractivity contribution is 5.06. The van der Waals surface area contributed by atoms with E-state index in [4.69, 9.17) is 0 Å². The minimum atomic E-state index is 0.667. The molecule has 0 N–H and O–H groups in total. The van der Waals surface area contributed by atoms with E-state index in [0.29, 0.717) is 5.41 Å². The molecule has 2 saturated carbocycles. The van der Waals surface area contributed by atoms with Crippen LogP contribution >= 0.6 is 0 Å². The Morgan fingerprint density at radius 1 is 1.23 bits per heavy atom. The number of rotatable bonds is 0. The van der Waals surface area contributed by atoms with E-state index in [2.05, 4.69) is 20.8 Å². The fourth-order valence-electron chi connectivity index (χ4n) is 3.66. The Kier molecular flexibility index (Phi) is 2.33. The Bertz CT molecular complexity index is 180. The molecule has 2 fully saturated rings. The molecule has 3 atom stereocenters. The molecule has 0 aromatic rings. The average Bonchev–Trinajstić information content (AvgIpc) is 2.13. The predicted octanol–water partition coefficient (Wildman–Crippen LogP) is 4.21. The van der Waals surface area contributed by atoms with Crippen molar-refractivity contribution in [2.75, 3.05) is 0 Å². The lowest BCUT2D eigenvalue weighted by molar-refractivity contribution is 0.0253. The van der Waals surface area contributed by atoms with Crippen LogP contribution in [-0.4, -0.2) is 0 Å². The Hall–Kier alpha value is -0.130. The third-order valence-corrected chi connectivity index (χ3v) is 5.07. The largest absolute Gasteiger partial charge is 0.103 e. The number of hydrogen-bond donors (Lipinski definition) is 0. The Morgan fingerprint density at radius 2 is 2.00 bits per heavy atom. The van der Waals surface area contributed by atoms with Crippen LogP contribution in [0.1, 0.15) is 59.3 Å². The van der Waals surface area contributed by atoms with Gasteiger partial charge in [-0.1, -0.05) is 19.8 Å². The van der Waals surface area contributed by atoms with Crippen LogP contribution in [0.4, 0.5) is 0 Å². The highest BCUT2D eigenvalue weighted by atomic mass is 14.5. The van der Waals surface area contributed by atoms with Gasteiger partial charge in [0.2, 0.25) is 0 Å². The highest BCUT2D eigenvalue weighted by Gasteiger charge is 2.51. The van der Waals surface area contributed by atoms with Gasteiger partial charge in [0.05, 0.1) is 19.3 Å². The second-order valence-electron chi connectivity index (χ2n) is 5.56. The molecule has 0 aromatic heterocycles. The number of fused-ring (bicyclic) bond motifs is 1. The standard InChI is InChI=1S/C13H23/c1-10-7-8-12-6-4-5-9-13(12,3)11(10)2/h11-12H,4-9H2,1-3H3/q+1. The second-order valence-corrected chi connectivity index (χ2v) is 5.56. The van der Waals surface area contributed by atoms with Gasteiger partial charge in [-0.25, -0.2) is 0 Å². The molecule has 0 amide bonds. The second kappa shape index (κ2) is 3.22. The first-order chi connectivity index (χ1) is 6.14. The molecule has 3 unspecified atom stereocenters. The summed E-state index contributed by atoms with van der Waals surface area (Å²) < 4.78 is 0. The molecule has 2 aliphatic rings. The van der Waals surface area contributed by atoms with E-state index in [1.165, 1.54) is 38.5 Å². The van der Waals surface area contributed by atoms with Gasteiger partial charge in [0.15, 0.2) is 0 Å². The van der Waals surface area contributed by atoms with Crippen molar-refractivity contribution < 1.29 is 0 Å². The zero-order valence-electron chi connectivity index (χ0n) is 9.40. The third-order valence-electron chi connectivity index (χ3n) is 5.07. The first-order valence-corrected chi connectivity index (χ1v) is 5.97. The van der Waals surface area contributed by atoms with Crippen molar-refractivity contribution in [2.24, 2.45) is 17.3 Å². The van der Waals surface area contributed by atoms with Gasteiger partial charge in [-0.15, -0.1) is 0 Å². The molecule has 0 saturated heterocycles. The third kappa shape index (κ3) is 1.39. The zero-order valence-corrected chi connectivity index (χ0v) is 9.40. The summed E-state index contributed by atoms with van der Waals surface area (Å²) in [6.45, 7) is 7.39. The van der Waals surface area contributed by atoms with E-state index in [1.807, 2.05) is 0 Å². The summed E-state index contributed by atoms with van der Waals surface area (Å²) in [5.41, 5.74) is 0.667. The van der Waals surface area contributed by atoms with Crippen molar-refractivity contribution in [2.45, 2.75) is 59.3 Å². The summed E-state index contributed by atoms with van der Waals surface area (Å²) in [6, 6.07) is 0. The first kappa shape index (κ1) is 9.43. The molecule has 0 aliphatic heterocycles. The minimum absolute atomic E-state index is 0.667. The molecule has 0 aromatic carbocycles. The lowest BCUT2D eigenvalue weighted by Crippen LogP contribution is -2.42. The van der Waals surface area contributed by atoms with Crippen molar-refractivity contribution in [3.63, 3.8) is 0 Å². The molecule has 2 aliphatic carbocycles. The molecule has 0 heterocycles. The maximum absolute atomic E-state index is 2.55. The summed E-state index contributed by atoms with van der Waals surface area (Å²) in [7, 11) is 0. The van der Waals surface area contributed by atoms with E-state index in [-0.39, 0.29) is 0 Å². The van der Waals surface area contributed by atoms with E-state index in [9.17, 15) is 0 Å². The molecule has 0 nitrogen and oxygen atoms in total. The van der Waals surface area contributed by atoms with Crippen molar-refractivity contribution in [1.82, 2.24) is 0 Å². The molecule has 0 heteroatoms. The topological polar surface area (TPSA) is 0 Å². The summed E-state index contributed by atoms with van der Waals surface area (Å²) in [5.74, 6) is 3.69. The van der Waals surface area contributed by atoms with E-state index >= 15 is 0 Å². The molecule has 74 valence electrons. The van der Waals surface area contributed by atoms with Gasteiger partial charge in [0, 0.05) is 5.41 Å². The smallest absolute Gasteiger partial charge is 0.0550 e. The summed E-state index contributed by atoms with van der Waals surface area (Å²) >= 11 is 0. The van der Waals surface area contributed by atoms with Crippen LogP contribution in [0.25, 0.3) is 0 Å². The predicted molar refractivity (Wildman–Crippen MR) is 57.4 cm³/mol. The van der Waals surface area contributed by atoms with Gasteiger partial charge < -0.3 is 0 Å². The normalized spacial score (nSPS) is 45.9. The van der Waals surface area contributed by atoms with Crippen LogP contribution in [0, 0.1) is 23.2 Å². The summed E-state index contributed by atoms with van der Waals surface area (Å²) in [4.78, 5) is 0. The van der Waals surface area contributed by atoms with Crippen molar-refractivity contribution in [1.29, 1.82) is 0 Å². The van der Waals surface area contributed by atoms with Gasteiger partial charge >= 0.3 is 0 Å². The van der Waals surface area contributed by atoms with E-state index in [0.717, 1.165) is 11.8 Å². The van der Waals surface area contributed by atoms with Crippen molar-refractivity contribution >= 4 is 0 Å². The summed E-state index contributed by atoms with van der Waals surface area (Å²) in [6.07, 6.45) is 8.84. The lowest BCUT2D eigenvalue weighted by Gasteiger charge is -2.47. The molecule has 0 radical (unpaired) electrons. The first-order valence-electron chi connectivity index (χ1n) is 5.97. The SMILES string of the molecule is C[C+]1CCC2CCCCC2(C)C1C. The highest BCUT2D eigenvalue weighted by Crippen LogP contribution is 2.55. The van der Waals surface area contributed by atoms with Gasteiger partial charge in [-0.3, -0.25) is 0 Å². The van der Waals surface area contributed by atoms with Gasteiger partial charge in [-0.05, 0) is 32.1 Å². The van der Waals surface area contributed by atoms with Gasteiger partial charge in [-0.2, -0.15) is 0 Å². The van der Waals surface area contributed by atoms with Crippen LogP contribution in [0.2, 0.25) is 0 Å². The molecule has 2 rings (SSSR count). The maximum Gasteiger partial charge on any atom is 0.103 e. The molecular formula is C13H23+. The van der Waals surface area contributed by atoms with Gasteiger partial charge in [0.1, 0.15) is 5.92 Å². The minimum Gasteiger partial charge on any atom is -0.0550 e. The monoisotopic (exact) mass is 179 g/mol. The van der Waals surface area contributed by atoms with E-state index < -0.39 is 0 Å². The van der Waals surface area contributed by atoms with Crippen molar-refractivity contribution in [3.8, 4) is 0 Å². The average molecular weight is 179 g/mol. The van der Waals surface area contributed by atoms with Crippen LogP contribution in [0.5, 0.6) is 0 Å². The molecule has 0 bridgehead atoms. The lowest BCUT2D eigenvalue weighted by atomic mass is 9.53. The van der Waals surface area contributed by atoms with E-state index in [1.54, 1.807) is 5.92 Å². The zero-order chi connectivity index (χ0) is 9.47. The van der Waals surface area contributed by atoms with Crippen molar-refractivity contribution in [3.05, 3.63) is 5.92 Å². The molecule has 13 heavy (non-hydrogen) atoms. The van der Waals surface area contributed by atoms with Crippen LogP contribution in [-0.2, 0) is 0 Å². The number of hydrogen-bond acceptors (Lipinski definition) is 0. The Balaban J connectivity index is 2.17. The summed E-state index contributed by atoms with van der Waals surface area (Å²) in [5, 5.41) is 0. The fourth-order valence-corrected chi connectivity index (χ4v) is 3.66. The van der Waals surface area contributed by atoms with Crippen LogP contribution in [0.15, 0.2) is 0 Å². The van der Waals surface area contributed by atoms with Crippen LogP contribution < -0.4 is 0 Å². The molecular weight excluding hydrogens is 156 g/mol. The quantitative estimate of drug-likeness (QED) is 0.489. The fraction of sp³-hybridized carbons (Fsp3) is 0.923. The Labute approximate surface area is 83.1 Å². The van der Waals surface area contributed by atoms with Crippen LogP contribution in [0.3, 0.4) is 0 Å². The van der Waals surface area contributed by atoms with Gasteiger partial charge in [0.25, 0.3) is 0 Å². The molecule has 0 spiro atoms. The Morgan fingerprint density at radius 3 is 2.77 bits per heavy atom.